The topological polar surface area (TPSA) is 20.2 Å². The third kappa shape index (κ3) is 1.51. The Morgan fingerprint density at radius 2 is 1.37 bits per heavy atom. The van der Waals surface area contributed by atoms with Gasteiger partial charge >= 0.3 is 0 Å². The summed E-state index contributed by atoms with van der Waals surface area (Å²) >= 11 is 0. The van der Waals surface area contributed by atoms with E-state index in [0.29, 0.717) is 24.4 Å². The first-order valence-electron chi connectivity index (χ1n) is 7.18. The third-order valence-electron chi connectivity index (χ3n) is 4.92. The maximum absolute atomic E-state index is 9.34. The Labute approximate surface area is 113 Å². The standard InChI is InChI=1S/C18H18O/c19-10-9-12-11-17-13-5-1-3-7-15(13)18(12)16-8-4-2-6-14(16)17/h1-8,12,17-19H,9-11H2. The SMILES string of the molecule is OCCC1CC2c3ccccc3C1c1ccccc12. The second-order valence-electron chi connectivity index (χ2n) is 5.80. The molecule has 0 saturated carbocycles. The lowest BCUT2D eigenvalue weighted by Gasteiger charge is -2.45. The molecule has 0 aromatic heterocycles. The predicted octanol–water partition coefficient (Wildman–Crippen LogP) is 3.67. The van der Waals surface area contributed by atoms with Gasteiger partial charge in [-0.1, -0.05) is 48.5 Å². The summed E-state index contributed by atoms with van der Waals surface area (Å²) in [4.78, 5) is 0. The van der Waals surface area contributed by atoms with E-state index in [-0.39, 0.29) is 0 Å². The van der Waals surface area contributed by atoms with Crippen LogP contribution in [0.3, 0.4) is 0 Å². The van der Waals surface area contributed by atoms with Gasteiger partial charge in [-0.3, -0.25) is 0 Å². The molecule has 0 radical (unpaired) electrons. The lowest BCUT2D eigenvalue weighted by molar-refractivity contribution is 0.227. The first-order chi connectivity index (χ1) is 9.40. The van der Waals surface area contributed by atoms with Crippen molar-refractivity contribution in [3.63, 3.8) is 0 Å². The number of hydrogen-bond acceptors (Lipinski definition) is 1. The maximum atomic E-state index is 9.34. The van der Waals surface area contributed by atoms with Crippen molar-refractivity contribution in [2.75, 3.05) is 6.61 Å². The van der Waals surface area contributed by atoms with Crippen LogP contribution in [0, 0.1) is 5.92 Å². The average Bonchev–Trinajstić information content (AvgIpc) is 2.48. The van der Waals surface area contributed by atoms with E-state index >= 15 is 0 Å². The third-order valence-corrected chi connectivity index (χ3v) is 4.92. The number of rotatable bonds is 2. The van der Waals surface area contributed by atoms with Gasteiger partial charge in [0.2, 0.25) is 0 Å². The fourth-order valence-electron chi connectivity index (χ4n) is 4.21. The van der Waals surface area contributed by atoms with Crippen LogP contribution in [-0.4, -0.2) is 11.7 Å². The molecule has 0 spiro atoms. The summed E-state index contributed by atoms with van der Waals surface area (Å²) in [5.41, 5.74) is 6.02. The summed E-state index contributed by atoms with van der Waals surface area (Å²) < 4.78 is 0. The van der Waals surface area contributed by atoms with Crippen molar-refractivity contribution >= 4 is 0 Å². The van der Waals surface area contributed by atoms with Gasteiger partial charge in [-0.05, 0) is 41.0 Å². The normalized spacial score (nSPS) is 26.9. The van der Waals surface area contributed by atoms with E-state index in [0.717, 1.165) is 6.42 Å². The van der Waals surface area contributed by atoms with Gasteiger partial charge in [0.25, 0.3) is 0 Å². The van der Waals surface area contributed by atoms with E-state index in [1.54, 1.807) is 0 Å². The van der Waals surface area contributed by atoms with Crippen molar-refractivity contribution in [3.8, 4) is 0 Å². The van der Waals surface area contributed by atoms with Gasteiger partial charge in [-0.25, -0.2) is 0 Å². The molecule has 5 rings (SSSR count). The first kappa shape index (κ1) is 11.2. The minimum Gasteiger partial charge on any atom is -0.396 e. The smallest absolute Gasteiger partial charge is 0.0434 e. The largest absolute Gasteiger partial charge is 0.396 e. The van der Waals surface area contributed by atoms with Gasteiger partial charge in [0, 0.05) is 18.4 Å². The zero-order chi connectivity index (χ0) is 12.8. The number of hydrogen-bond donors (Lipinski definition) is 1. The molecule has 3 aliphatic rings. The van der Waals surface area contributed by atoms with Crippen LogP contribution in [0.4, 0.5) is 0 Å². The minimum atomic E-state index is 0.304. The Balaban J connectivity index is 1.93. The Morgan fingerprint density at radius 3 is 1.89 bits per heavy atom. The van der Waals surface area contributed by atoms with E-state index in [2.05, 4.69) is 48.5 Å². The van der Waals surface area contributed by atoms with Crippen LogP contribution in [0.25, 0.3) is 0 Å². The van der Waals surface area contributed by atoms with Crippen molar-refractivity contribution in [2.45, 2.75) is 24.7 Å². The molecule has 1 N–H and O–H groups in total. The molecule has 2 aromatic carbocycles. The fourth-order valence-corrected chi connectivity index (χ4v) is 4.21. The van der Waals surface area contributed by atoms with Crippen LogP contribution in [0.1, 0.15) is 46.9 Å². The summed E-state index contributed by atoms with van der Waals surface area (Å²) in [7, 11) is 0. The van der Waals surface area contributed by atoms with Crippen LogP contribution in [0.15, 0.2) is 48.5 Å². The molecule has 0 saturated heterocycles. The van der Waals surface area contributed by atoms with Crippen molar-refractivity contribution in [2.24, 2.45) is 5.92 Å². The molecule has 2 bridgehead atoms. The summed E-state index contributed by atoms with van der Waals surface area (Å²) in [5, 5.41) is 9.34. The van der Waals surface area contributed by atoms with E-state index in [9.17, 15) is 5.11 Å². The van der Waals surface area contributed by atoms with E-state index in [1.165, 1.54) is 28.7 Å². The van der Waals surface area contributed by atoms with Gasteiger partial charge in [-0.15, -0.1) is 0 Å². The zero-order valence-corrected chi connectivity index (χ0v) is 10.9. The molecule has 0 aliphatic heterocycles. The highest BCUT2D eigenvalue weighted by molar-refractivity contribution is 5.55. The molecule has 1 unspecified atom stereocenters. The van der Waals surface area contributed by atoms with Crippen molar-refractivity contribution < 1.29 is 5.11 Å². The molecule has 0 amide bonds. The zero-order valence-electron chi connectivity index (χ0n) is 10.9. The number of benzene rings is 2. The van der Waals surface area contributed by atoms with Crippen molar-refractivity contribution in [1.82, 2.24) is 0 Å². The Morgan fingerprint density at radius 1 is 0.842 bits per heavy atom. The molecule has 1 heteroatoms. The number of fused-ring (bicyclic) bond motifs is 1. The molecular weight excluding hydrogens is 232 g/mol. The Hall–Kier alpha value is -1.60. The van der Waals surface area contributed by atoms with Gasteiger partial charge in [0.15, 0.2) is 0 Å². The lowest BCUT2D eigenvalue weighted by atomic mass is 9.58. The van der Waals surface area contributed by atoms with Gasteiger partial charge < -0.3 is 5.11 Å². The van der Waals surface area contributed by atoms with Crippen molar-refractivity contribution in [3.05, 3.63) is 70.8 Å². The van der Waals surface area contributed by atoms with Crippen LogP contribution in [0.5, 0.6) is 0 Å². The molecule has 0 fully saturated rings. The molecule has 96 valence electrons. The summed E-state index contributed by atoms with van der Waals surface area (Å²) in [6, 6.07) is 17.8. The van der Waals surface area contributed by atoms with E-state index < -0.39 is 0 Å². The highest BCUT2D eigenvalue weighted by atomic mass is 16.3. The highest BCUT2D eigenvalue weighted by Crippen LogP contribution is 2.55. The summed E-state index contributed by atoms with van der Waals surface area (Å²) in [6.07, 6.45) is 2.11. The maximum Gasteiger partial charge on any atom is 0.0434 e. The summed E-state index contributed by atoms with van der Waals surface area (Å²) in [6.45, 7) is 0.304. The predicted molar refractivity (Wildman–Crippen MR) is 76.4 cm³/mol. The fraction of sp³-hybridized carbons (Fsp3) is 0.333. The molecule has 1 atom stereocenters. The molecule has 2 aromatic rings. The highest BCUT2D eigenvalue weighted by Gasteiger charge is 2.42. The minimum absolute atomic E-state index is 0.304. The van der Waals surface area contributed by atoms with E-state index in [1.807, 2.05) is 0 Å². The molecule has 3 aliphatic carbocycles. The van der Waals surface area contributed by atoms with Crippen LogP contribution >= 0.6 is 0 Å². The quantitative estimate of drug-likeness (QED) is 0.862. The second kappa shape index (κ2) is 4.21. The Bertz CT molecular complexity index is 569. The average molecular weight is 250 g/mol. The monoisotopic (exact) mass is 250 g/mol. The van der Waals surface area contributed by atoms with E-state index in [4.69, 9.17) is 0 Å². The summed E-state index contributed by atoms with van der Waals surface area (Å²) in [5.74, 6) is 1.62. The second-order valence-corrected chi connectivity index (χ2v) is 5.80. The Kier molecular flexibility index (Phi) is 2.49. The van der Waals surface area contributed by atoms with Gasteiger partial charge in [0.05, 0.1) is 0 Å². The lowest BCUT2D eigenvalue weighted by Crippen LogP contribution is -2.32. The molecule has 19 heavy (non-hydrogen) atoms. The number of aliphatic hydroxyl groups is 1. The molecule has 0 heterocycles. The van der Waals surface area contributed by atoms with Crippen LogP contribution < -0.4 is 0 Å². The van der Waals surface area contributed by atoms with Crippen LogP contribution in [-0.2, 0) is 0 Å². The van der Waals surface area contributed by atoms with Crippen LogP contribution in [0.2, 0.25) is 0 Å². The molecule has 1 nitrogen and oxygen atoms in total. The van der Waals surface area contributed by atoms with Gasteiger partial charge in [0.1, 0.15) is 0 Å². The van der Waals surface area contributed by atoms with Gasteiger partial charge in [-0.2, -0.15) is 0 Å². The number of aliphatic hydroxyl groups excluding tert-OH is 1. The molecular formula is C18H18O. The van der Waals surface area contributed by atoms with Crippen molar-refractivity contribution in [1.29, 1.82) is 0 Å². The first-order valence-corrected chi connectivity index (χ1v) is 7.18.